The van der Waals surface area contributed by atoms with Crippen molar-refractivity contribution in [3.05, 3.63) is 23.8 Å². The van der Waals surface area contributed by atoms with Crippen LogP contribution in [-0.2, 0) is 4.79 Å². The average molecular weight is 385 g/mol. The second-order valence-corrected chi connectivity index (χ2v) is 8.69. The van der Waals surface area contributed by atoms with Crippen LogP contribution in [0.1, 0.15) is 55.8 Å². The Hall–Kier alpha value is -2.57. The zero-order chi connectivity index (χ0) is 19.8. The van der Waals surface area contributed by atoms with Crippen molar-refractivity contribution in [3.8, 4) is 11.5 Å². The van der Waals surface area contributed by atoms with Gasteiger partial charge in [0.25, 0.3) is 5.91 Å². The van der Waals surface area contributed by atoms with Gasteiger partial charge in [0.15, 0.2) is 0 Å². The van der Waals surface area contributed by atoms with Crippen molar-refractivity contribution in [3.63, 3.8) is 0 Å². The lowest BCUT2D eigenvalue weighted by Crippen LogP contribution is -2.56. The van der Waals surface area contributed by atoms with Crippen LogP contribution >= 0.6 is 0 Å². The number of hydrazone groups is 1. The van der Waals surface area contributed by atoms with Crippen molar-refractivity contribution >= 4 is 17.5 Å². The van der Waals surface area contributed by atoms with Crippen LogP contribution in [0.5, 0.6) is 11.5 Å². The summed E-state index contributed by atoms with van der Waals surface area (Å²) in [5.41, 5.74) is 2.85. The third kappa shape index (κ3) is 3.84. The summed E-state index contributed by atoms with van der Waals surface area (Å²) in [5, 5.41) is 26.2. The van der Waals surface area contributed by atoms with E-state index in [-0.39, 0.29) is 35.4 Å². The van der Waals surface area contributed by atoms with Crippen LogP contribution in [-0.4, -0.2) is 33.8 Å². The number of phenols is 2. The van der Waals surface area contributed by atoms with Crippen molar-refractivity contribution in [1.82, 2.24) is 10.7 Å². The first-order chi connectivity index (χ1) is 13.4. The predicted molar refractivity (Wildman–Crippen MR) is 104 cm³/mol. The average Bonchev–Trinajstić information content (AvgIpc) is 2.62. The quantitative estimate of drug-likeness (QED) is 0.461. The molecule has 0 radical (unpaired) electrons. The van der Waals surface area contributed by atoms with Gasteiger partial charge in [-0.2, -0.15) is 5.10 Å². The molecule has 1 aromatic rings. The Kier molecular flexibility index (Phi) is 5.00. The van der Waals surface area contributed by atoms with E-state index in [0.717, 1.165) is 17.9 Å². The highest BCUT2D eigenvalue weighted by Gasteiger charge is 2.48. The summed E-state index contributed by atoms with van der Waals surface area (Å²) < 4.78 is 0. The summed E-state index contributed by atoms with van der Waals surface area (Å²) in [6.07, 6.45) is 6.50. The van der Waals surface area contributed by atoms with E-state index in [9.17, 15) is 19.8 Å². The first kappa shape index (κ1) is 18.8. The van der Waals surface area contributed by atoms with Gasteiger partial charge < -0.3 is 15.5 Å². The van der Waals surface area contributed by atoms with Gasteiger partial charge >= 0.3 is 0 Å². The molecule has 0 atom stereocenters. The molecule has 0 heterocycles. The number of rotatable bonds is 5. The predicted octanol–water partition coefficient (Wildman–Crippen LogP) is 2.53. The van der Waals surface area contributed by atoms with E-state index in [0.29, 0.717) is 17.5 Å². The van der Waals surface area contributed by atoms with Crippen molar-refractivity contribution in [2.45, 2.75) is 51.5 Å². The third-order valence-electron chi connectivity index (χ3n) is 6.55. The van der Waals surface area contributed by atoms with Crippen LogP contribution < -0.4 is 10.7 Å². The standard InChI is InChI=1S/C21H27N3O4/c1-11(23-24-21(28)17-3-2-16(25)10-18(17)26)4-19(27)22-20-14-6-12-5-13(8-14)9-15(20)7-12/h2-3,10,12-15,20,25-26H,4-9H2,1H3,(H,22,27)(H,24,28)/b23-11-. The molecule has 0 aliphatic heterocycles. The van der Waals surface area contributed by atoms with Gasteiger partial charge in [-0.15, -0.1) is 0 Å². The maximum atomic E-state index is 12.5. The minimum absolute atomic E-state index is 0.00685. The molecule has 7 nitrogen and oxygen atoms in total. The number of aromatic hydroxyl groups is 2. The van der Waals surface area contributed by atoms with E-state index in [1.165, 1.54) is 44.2 Å². The number of carbonyl (C=O) groups is 2. The Labute approximate surface area is 164 Å². The topological polar surface area (TPSA) is 111 Å². The van der Waals surface area contributed by atoms with Crippen LogP contribution in [0.25, 0.3) is 0 Å². The molecular weight excluding hydrogens is 358 g/mol. The monoisotopic (exact) mass is 385 g/mol. The normalized spacial score (nSPS) is 30.9. The molecule has 0 aromatic heterocycles. The maximum Gasteiger partial charge on any atom is 0.275 e. The van der Waals surface area contributed by atoms with Gasteiger partial charge in [0, 0.05) is 17.8 Å². The first-order valence-corrected chi connectivity index (χ1v) is 10.0. The highest BCUT2D eigenvalue weighted by atomic mass is 16.3. The Balaban J connectivity index is 1.30. The minimum Gasteiger partial charge on any atom is -0.508 e. The number of carbonyl (C=O) groups excluding carboxylic acids is 2. The van der Waals surface area contributed by atoms with E-state index in [2.05, 4.69) is 15.8 Å². The number of nitrogens with one attached hydrogen (secondary N) is 2. The molecule has 2 amide bonds. The molecule has 4 saturated carbocycles. The van der Waals surface area contributed by atoms with Crippen molar-refractivity contribution < 1.29 is 19.8 Å². The molecule has 0 spiro atoms. The molecule has 0 unspecified atom stereocenters. The van der Waals surface area contributed by atoms with Crippen LogP contribution in [0.4, 0.5) is 0 Å². The zero-order valence-electron chi connectivity index (χ0n) is 16.0. The van der Waals surface area contributed by atoms with Crippen molar-refractivity contribution in [1.29, 1.82) is 0 Å². The van der Waals surface area contributed by atoms with E-state index in [1.54, 1.807) is 6.92 Å². The Morgan fingerprint density at radius 3 is 2.32 bits per heavy atom. The molecule has 4 aliphatic carbocycles. The van der Waals surface area contributed by atoms with Gasteiger partial charge in [-0.3, -0.25) is 9.59 Å². The van der Waals surface area contributed by atoms with Gasteiger partial charge in [-0.25, -0.2) is 5.43 Å². The molecule has 4 aliphatic rings. The molecule has 4 fully saturated rings. The summed E-state index contributed by atoms with van der Waals surface area (Å²) in [4.78, 5) is 24.6. The second kappa shape index (κ2) is 7.45. The van der Waals surface area contributed by atoms with Crippen LogP contribution in [0.3, 0.4) is 0 Å². The fourth-order valence-corrected chi connectivity index (χ4v) is 5.59. The lowest BCUT2D eigenvalue weighted by Gasteiger charge is -2.54. The van der Waals surface area contributed by atoms with Crippen molar-refractivity contribution in [2.75, 3.05) is 0 Å². The highest BCUT2D eigenvalue weighted by Crippen LogP contribution is 2.53. The lowest BCUT2D eigenvalue weighted by molar-refractivity contribution is -0.123. The third-order valence-corrected chi connectivity index (χ3v) is 6.55. The van der Waals surface area contributed by atoms with Gasteiger partial charge in [0.05, 0.1) is 12.0 Å². The van der Waals surface area contributed by atoms with Gasteiger partial charge in [0.2, 0.25) is 5.91 Å². The van der Waals surface area contributed by atoms with Crippen LogP contribution in [0, 0.1) is 23.7 Å². The lowest BCUT2D eigenvalue weighted by atomic mass is 9.54. The molecule has 4 bridgehead atoms. The number of hydrogen-bond donors (Lipinski definition) is 4. The fraction of sp³-hybridized carbons (Fsp3) is 0.571. The molecule has 5 rings (SSSR count). The zero-order valence-corrected chi connectivity index (χ0v) is 16.0. The number of nitrogens with zero attached hydrogens (tertiary/aromatic N) is 1. The van der Waals surface area contributed by atoms with Crippen LogP contribution in [0.2, 0.25) is 0 Å². The van der Waals surface area contributed by atoms with Crippen LogP contribution in [0.15, 0.2) is 23.3 Å². The number of amides is 2. The summed E-state index contributed by atoms with van der Waals surface area (Å²) in [6, 6.07) is 3.99. The number of benzene rings is 1. The number of hydrogen-bond acceptors (Lipinski definition) is 5. The molecule has 4 N–H and O–H groups in total. The minimum atomic E-state index is -0.599. The maximum absolute atomic E-state index is 12.5. The van der Waals surface area contributed by atoms with E-state index >= 15 is 0 Å². The molecule has 28 heavy (non-hydrogen) atoms. The molecule has 0 saturated heterocycles. The fourth-order valence-electron chi connectivity index (χ4n) is 5.59. The molecule has 150 valence electrons. The molecule has 7 heteroatoms. The summed E-state index contributed by atoms with van der Waals surface area (Å²) >= 11 is 0. The second-order valence-electron chi connectivity index (χ2n) is 8.69. The van der Waals surface area contributed by atoms with E-state index in [1.807, 2.05) is 0 Å². The smallest absolute Gasteiger partial charge is 0.275 e. The number of phenolic OH excluding ortho intramolecular Hbond substituents is 2. The van der Waals surface area contributed by atoms with E-state index in [4.69, 9.17) is 0 Å². The summed E-state index contributed by atoms with van der Waals surface area (Å²) in [6.45, 7) is 1.69. The first-order valence-electron chi connectivity index (χ1n) is 10.0. The molecule has 1 aromatic carbocycles. The molecular formula is C21H27N3O4. The summed E-state index contributed by atoms with van der Waals surface area (Å²) in [5.74, 6) is 1.86. The SMILES string of the molecule is C/C(CC(=O)NC1C2CC3CC(C2)CC1C3)=N/NC(=O)c1ccc(O)cc1O. The van der Waals surface area contributed by atoms with Gasteiger partial charge in [-0.1, -0.05) is 0 Å². The Bertz CT molecular complexity index is 792. The highest BCUT2D eigenvalue weighted by molar-refractivity contribution is 6.01. The van der Waals surface area contributed by atoms with Gasteiger partial charge in [-0.05, 0) is 74.8 Å². The Morgan fingerprint density at radius 1 is 1.07 bits per heavy atom. The van der Waals surface area contributed by atoms with Crippen molar-refractivity contribution in [2.24, 2.45) is 28.8 Å². The Morgan fingerprint density at radius 2 is 1.71 bits per heavy atom. The summed E-state index contributed by atoms with van der Waals surface area (Å²) in [7, 11) is 0. The van der Waals surface area contributed by atoms with Gasteiger partial charge in [0.1, 0.15) is 11.5 Å². The largest absolute Gasteiger partial charge is 0.508 e. The van der Waals surface area contributed by atoms with E-state index < -0.39 is 5.91 Å².